The van der Waals surface area contributed by atoms with Gasteiger partial charge in [-0.1, -0.05) is 18.2 Å². The summed E-state index contributed by atoms with van der Waals surface area (Å²) >= 11 is 1.43. The van der Waals surface area contributed by atoms with Crippen LogP contribution in [0.3, 0.4) is 0 Å². The molecule has 0 radical (unpaired) electrons. The number of benzene rings is 1. The predicted molar refractivity (Wildman–Crippen MR) is 82.1 cm³/mol. The number of hydrogen-bond acceptors (Lipinski definition) is 3. The number of hydrogen-bond donors (Lipinski definition) is 2. The Balaban J connectivity index is 2.02. The Bertz CT molecular complexity index is 603. The molecule has 112 valence electrons. The lowest BCUT2D eigenvalue weighted by molar-refractivity contribution is 0.00236. The third-order valence-electron chi connectivity index (χ3n) is 3.24. The number of anilines is 1. The van der Waals surface area contributed by atoms with Crippen molar-refractivity contribution < 1.29 is 13.9 Å². The first-order chi connectivity index (χ1) is 10.0. The number of urea groups is 1. The first kappa shape index (κ1) is 15.5. The van der Waals surface area contributed by atoms with Gasteiger partial charge in [0.15, 0.2) is 0 Å². The number of rotatable bonds is 5. The maximum absolute atomic E-state index is 13.9. The number of methoxy groups -OCH3 is 1. The minimum absolute atomic E-state index is 0.154. The number of thiophene rings is 1. The van der Waals surface area contributed by atoms with Crippen LogP contribution in [0.25, 0.3) is 0 Å². The fourth-order valence-electron chi connectivity index (χ4n) is 1.92. The molecule has 6 heteroatoms. The highest BCUT2D eigenvalue weighted by atomic mass is 32.1. The van der Waals surface area contributed by atoms with E-state index < -0.39 is 5.60 Å². The topological polar surface area (TPSA) is 50.4 Å². The molecule has 1 aromatic carbocycles. The number of carbonyl (C=O) groups is 1. The third kappa shape index (κ3) is 3.80. The number of ether oxygens (including phenoxy) is 1. The molecule has 0 aliphatic heterocycles. The van der Waals surface area contributed by atoms with E-state index in [1.165, 1.54) is 24.5 Å². The maximum atomic E-state index is 13.9. The molecule has 0 aliphatic rings. The minimum Gasteiger partial charge on any atom is -0.372 e. The van der Waals surface area contributed by atoms with Crippen molar-refractivity contribution in [1.82, 2.24) is 5.32 Å². The molecule has 1 aromatic heterocycles. The van der Waals surface area contributed by atoms with Crippen molar-refractivity contribution in [1.29, 1.82) is 0 Å². The summed E-state index contributed by atoms with van der Waals surface area (Å²) < 4.78 is 19.3. The van der Waals surface area contributed by atoms with E-state index in [2.05, 4.69) is 10.6 Å². The van der Waals surface area contributed by atoms with Crippen molar-refractivity contribution in [2.24, 2.45) is 0 Å². The van der Waals surface area contributed by atoms with Crippen molar-refractivity contribution in [3.8, 4) is 0 Å². The van der Waals surface area contributed by atoms with Gasteiger partial charge in [-0.3, -0.25) is 5.32 Å². The van der Waals surface area contributed by atoms with Crippen LogP contribution in [0.1, 0.15) is 12.5 Å². The Labute approximate surface area is 126 Å². The predicted octanol–water partition coefficient (Wildman–Crippen LogP) is 3.57. The van der Waals surface area contributed by atoms with Gasteiger partial charge >= 0.3 is 6.03 Å². The molecule has 1 heterocycles. The van der Waals surface area contributed by atoms with E-state index in [0.29, 0.717) is 5.56 Å². The summed E-state index contributed by atoms with van der Waals surface area (Å²) in [6.07, 6.45) is 0. The molecule has 1 unspecified atom stereocenters. The van der Waals surface area contributed by atoms with Gasteiger partial charge in [-0.15, -0.1) is 11.3 Å². The number of nitrogens with one attached hydrogen (secondary N) is 2. The van der Waals surface area contributed by atoms with Gasteiger partial charge in [-0.25, -0.2) is 9.18 Å². The summed E-state index contributed by atoms with van der Waals surface area (Å²) in [4.78, 5) is 11.8. The summed E-state index contributed by atoms with van der Waals surface area (Å²) in [7, 11) is 1.49. The fraction of sp³-hybridized carbons (Fsp3) is 0.267. The van der Waals surface area contributed by atoms with Gasteiger partial charge in [0, 0.05) is 12.7 Å². The van der Waals surface area contributed by atoms with E-state index in [0.717, 1.165) is 5.00 Å². The van der Waals surface area contributed by atoms with E-state index >= 15 is 0 Å². The van der Waals surface area contributed by atoms with E-state index in [1.54, 1.807) is 31.2 Å². The van der Waals surface area contributed by atoms with Crippen LogP contribution in [0.2, 0.25) is 0 Å². The summed E-state index contributed by atoms with van der Waals surface area (Å²) in [6, 6.07) is 9.68. The van der Waals surface area contributed by atoms with Crippen LogP contribution in [-0.2, 0) is 10.3 Å². The largest absolute Gasteiger partial charge is 0.372 e. The quantitative estimate of drug-likeness (QED) is 0.887. The molecular weight excluding hydrogens is 291 g/mol. The van der Waals surface area contributed by atoms with E-state index in [9.17, 15) is 9.18 Å². The first-order valence-electron chi connectivity index (χ1n) is 6.44. The van der Waals surface area contributed by atoms with Gasteiger partial charge in [0.25, 0.3) is 0 Å². The average Bonchev–Trinajstić information content (AvgIpc) is 2.98. The Morgan fingerprint density at radius 3 is 2.71 bits per heavy atom. The molecule has 0 saturated heterocycles. The number of carbonyl (C=O) groups excluding carboxylic acids is 1. The Morgan fingerprint density at radius 2 is 2.10 bits per heavy atom. The summed E-state index contributed by atoms with van der Waals surface area (Å²) in [5, 5.41) is 8.02. The number of halogens is 1. The zero-order valence-electron chi connectivity index (χ0n) is 11.9. The third-order valence-corrected chi connectivity index (χ3v) is 4.02. The molecule has 2 amide bonds. The van der Waals surface area contributed by atoms with Crippen LogP contribution in [-0.4, -0.2) is 19.7 Å². The molecule has 0 saturated carbocycles. The van der Waals surface area contributed by atoms with E-state index in [1.807, 2.05) is 11.4 Å². The van der Waals surface area contributed by atoms with Crippen LogP contribution in [0, 0.1) is 5.82 Å². The highest BCUT2D eigenvalue weighted by molar-refractivity contribution is 7.14. The highest BCUT2D eigenvalue weighted by Gasteiger charge is 2.29. The van der Waals surface area contributed by atoms with Crippen LogP contribution in [0.5, 0.6) is 0 Å². The molecule has 2 N–H and O–H groups in total. The zero-order valence-corrected chi connectivity index (χ0v) is 12.7. The lowest BCUT2D eigenvalue weighted by atomic mass is 9.95. The van der Waals surface area contributed by atoms with Crippen molar-refractivity contribution in [2.75, 3.05) is 19.0 Å². The van der Waals surface area contributed by atoms with Crippen LogP contribution in [0.4, 0.5) is 14.2 Å². The zero-order chi connectivity index (χ0) is 15.3. The molecule has 0 spiro atoms. The second-order valence-electron chi connectivity index (χ2n) is 4.70. The standard InChI is InChI=1S/C15H17FN2O2S/c1-15(20-2,11-6-3-4-7-12(11)16)10-17-14(19)18-13-8-5-9-21-13/h3-9H,10H2,1-2H3,(H2,17,18,19). The lowest BCUT2D eigenvalue weighted by Gasteiger charge is -2.29. The molecule has 2 aromatic rings. The normalized spacial score (nSPS) is 13.5. The van der Waals surface area contributed by atoms with Gasteiger partial charge in [-0.05, 0) is 30.5 Å². The Morgan fingerprint density at radius 1 is 1.33 bits per heavy atom. The van der Waals surface area contributed by atoms with Crippen molar-refractivity contribution in [3.05, 3.63) is 53.2 Å². The van der Waals surface area contributed by atoms with E-state index in [-0.39, 0.29) is 18.4 Å². The SMILES string of the molecule is COC(C)(CNC(=O)Nc1cccs1)c1ccccc1F. The van der Waals surface area contributed by atoms with Crippen LogP contribution >= 0.6 is 11.3 Å². The molecule has 4 nitrogen and oxygen atoms in total. The van der Waals surface area contributed by atoms with Crippen LogP contribution in [0.15, 0.2) is 41.8 Å². The molecule has 0 aliphatic carbocycles. The summed E-state index contributed by atoms with van der Waals surface area (Å²) in [6.45, 7) is 1.89. The van der Waals surface area contributed by atoms with Crippen molar-refractivity contribution in [3.63, 3.8) is 0 Å². The van der Waals surface area contributed by atoms with E-state index in [4.69, 9.17) is 4.74 Å². The average molecular weight is 308 g/mol. The van der Waals surface area contributed by atoms with Gasteiger partial charge in [-0.2, -0.15) is 0 Å². The smallest absolute Gasteiger partial charge is 0.319 e. The van der Waals surface area contributed by atoms with Gasteiger partial charge in [0.2, 0.25) is 0 Å². The highest BCUT2D eigenvalue weighted by Crippen LogP contribution is 2.26. The maximum Gasteiger partial charge on any atom is 0.319 e. The molecule has 1 atom stereocenters. The fourth-order valence-corrected chi connectivity index (χ4v) is 2.53. The summed E-state index contributed by atoms with van der Waals surface area (Å²) in [5.41, 5.74) is -0.526. The number of amides is 2. The molecular formula is C15H17FN2O2S. The van der Waals surface area contributed by atoms with Crippen molar-refractivity contribution >= 4 is 22.4 Å². The molecule has 21 heavy (non-hydrogen) atoms. The van der Waals surface area contributed by atoms with Gasteiger partial charge in [0.1, 0.15) is 11.4 Å². The monoisotopic (exact) mass is 308 g/mol. The second-order valence-corrected chi connectivity index (χ2v) is 5.65. The van der Waals surface area contributed by atoms with Gasteiger partial charge < -0.3 is 10.1 Å². The molecule has 0 fully saturated rings. The van der Waals surface area contributed by atoms with Crippen LogP contribution < -0.4 is 10.6 Å². The first-order valence-corrected chi connectivity index (χ1v) is 7.31. The molecule has 2 rings (SSSR count). The lowest BCUT2D eigenvalue weighted by Crippen LogP contribution is -2.42. The Hall–Kier alpha value is -1.92. The second kappa shape index (κ2) is 6.69. The molecule has 0 bridgehead atoms. The van der Waals surface area contributed by atoms with Gasteiger partial charge in [0.05, 0.1) is 11.5 Å². The Kier molecular flexibility index (Phi) is 4.93. The van der Waals surface area contributed by atoms with Crippen molar-refractivity contribution in [2.45, 2.75) is 12.5 Å². The summed E-state index contributed by atoms with van der Waals surface area (Å²) in [5.74, 6) is -0.359. The minimum atomic E-state index is -0.932.